The van der Waals surface area contributed by atoms with Gasteiger partial charge in [0.1, 0.15) is 0 Å². The van der Waals surface area contributed by atoms with Crippen molar-refractivity contribution in [3.8, 4) is 0 Å². The van der Waals surface area contributed by atoms with E-state index < -0.39 is 0 Å². The minimum absolute atomic E-state index is 0. The first-order valence-corrected chi connectivity index (χ1v) is 9.82. The van der Waals surface area contributed by atoms with Gasteiger partial charge in [-0.1, -0.05) is 56.3 Å². The maximum atomic E-state index is 13.0. The minimum Gasteiger partial charge on any atom is -0.338 e. The van der Waals surface area contributed by atoms with E-state index >= 15 is 0 Å². The molecular formula is C23H33Cl2N3O. The van der Waals surface area contributed by atoms with E-state index in [0.717, 1.165) is 30.8 Å². The van der Waals surface area contributed by atoms with Crippen LogP contribution in [0, 0.1) is 11.8 Å². The normalized spacial score (nSPS) is 21.6. The van der Waals surface area contributed by atoms with Crippen LogP contribution < -0.4 is 5.73 Å². The van der Waals surface area contributed by atoms with Crippen molar-refractivity contribution in [1.29, 1.82) is 0 Å². The number of benzene rings is 2. The van der Waals surface area contributed by atoms with Crippen LogP contribution in [0.25, 0.3) is 0 Å². The lowest BCUT2D eigenvalue weighted by Crippen LogP contribution is -2.55. The highest BCUT2D eigenvalue weighted by Crippen LogP contribution is 2.28. The number of nitrogens with two attached hydrogens (primary N) is 1. The Morgan fingerprint density at radius 1 is 0.966 bits per heavy atom. The van der Waals surface area contributed by atoms with Crippen molar-refractivity contribution >= 4 is 30.7 Å². The van der Waals surface area contributed by atoms with Crippen LogP contribution in [0.2, 0.25) is 0 Å². The lowest BCUT2D eigenvalue weighted by molar-refractivity contribution is 0.0271. The van der Waals surface area contributed by atoms with E-state index in [1.165, 1.54) is 5.56 Å². The molecule has 1 heterocycles. The third kappa shape index (κ3) is 6.19. The van der Waals surface area contributed by atoms with Gasteiger partial charge in [0.05, 0.1) is 0 Å². The number of halogens is 2. The molecule has 29 heavy (non-hydrogen) atoms. The number of carbonyl (C=O) groups is 1. The second-order valence-electron chi connectivity index (χ2n) is 7.94. The molecule has 1 fully saturated rings. The van der Waals surface area contributed by atoms with E-state index in [2.05, 4.69) is 49.1 Å². The van der Waals surface area contributed by atoms with Crippen molar-refractivity contribution in [2.24, 2.45) is 17.6 Å². The highest BCUT2D eigenvalue weighted by Gasteiger charge is 2.36. The van der Waals surface area contributed by atoms with Gasteiger partial charge in [-0.2, -0.15) is 0 Å². The first-order valence-electron chi connectivity index (χ1n) is 9.82. The third-order valence-corrected chi connectivity index (χ3v) is 5.71. The first kappa shape index (κ1) is 25.4. The Hall–Kier alpha value is -1.59. The van der Waals surface area contributed by atoms with Gasteiger partial charge >= 0.3 is 0 Å². The highest BCUT2D eigenvalue weighted by atomic mass is 35.5. The summed E-state index contributed by atoms with van der Waals surface area (Å²) in [5, 5.41) is 0. The largest absolute Gasteiger partial charge is 0.338 e. The van der Waals surface area contributed by atoms with Crippen LogP contribution in [0.3, 0.4) is 0 Å². The smallest absolute Gasteiger partial charge is 0.253 e. The fraction of sp³-hybridized carbons (Fsp3) is 0.435. The molecule has 0 spiro atoms. The number of hydrogen-bond acceptors (Lipinski definition) is 3. The summed E-state index contributed by atoms with van der Waals surface area (Å²) in [6, 6.07) is 18.5. The van der Waals surface area contributed by atoms with Gasteiger partial charge in [-0.15, -0.1) is 24.8 Å². The SMILES string of the molecule is CC1CN(Cc2ccccc2)CC(C)C1N(C)C(=O)c1ccc(CN)cc1.Cl.Cl. The first-order chi connectivity index (χ1) is 13.0. The van der Waals surface area contributed by atoms with Crippen LogP contribution in [0.1, 0.15) is 35.3 Å². The minimum atomic E-state index is 0. The van der Waals surface area contributed by atoms with Crippen LogP contribution in [0.4, 0.5) is 0 Å². The Labute approximate surface area is 187 Å². The molecule has 0 aliphatic carbocycles. The van der Waals surface area contributed by atoms with Gasteiger partial charge in [0.2, 0.25) is 0 Å². The average molecular weight is 438 g/mol. The summed E-state index contributed by atoms with van der Waals surface area (Å²) in [6.07, 6.45) is 0. The van der Waals surface area contributed by atoms with Crippen molar-refractivity contribution in [3.05, 3.63) is 71.3 Å². The molecule has 3 rings (SSSR count). The van der Waals surface area contributed by atoms with Gasteiger partial charge in [-0.25, -0.2) is 0 Å². The molecule has 6 heteroatoms. The van der Waals surface area contributed by atoms with Crippen LogP contribution in [-0.2, 0) is 13.1 Å². The van der Waals surface area contributed by atoms with Gasteiger partial charge in [0.15, 0.2) is 0 Å². The molecule has 0 bridgehead atoms. The molecule has 2 N–H and O–H groups in total. The molecule has 1 saturated heterocycles. The maximum absolute atomic E-state index is 13.0. The molecule has 0 aromatic heterocycles. The van der Waals surface area contributed by atoms with E-state index in [0.29, 0.717) is 18.4 Å². The molecule has 2 unspecified atom stereocenters. The quantitative estimate of drug-likeness (QED) is 0.761. The summed E-state index contributed by atoms with van der Waals surface area (Å²) in [7, 11) is 1.95. The number of hydrogen-bond donors (Lipinski definition) is 1. The average Bonchev–Trinajstić information content (AvgIpc) is 2.67. The summed E-state index contributed by atoms with van der Waals surface area (Å²) in [6.45, 7) is 8.01. The fourth-order valence-electron chi connectivity index (χ4n) is 4.52. The van der Waals surface area contributed by atoms with Crippen LogP contribution >= 0.6 is 24.8 Å². The van der Waals surface area contributed by atoms with Gasteiger partial charge in [0.25, 0.3) is 5.91 Å². The molecule has 1 aliphatic rings. The maximum Gasteiger partial charge on any atom is 0.253 e. The predicted octanol–water partition coefficient (Wildman–Crippen LogP) is 4.22. The molecular weight excluding hydrogens is 405 g/mol. The Kier molecular flexibility index (Phi) is 10.1. The zero-order valence-electron chi connectivity index (χ0n) is 17.5. The number of likely N-dealkylation sites (tertiary alicyclic amines) is 1. The number of nitrogens with zero attached hydrogens (tertiary/aromatic N) is 2. The third-order valence-electron chi connectivity index (χ3n) is 5.71. The van der Waals surface area contributed by atoms with Gasteiger partial charge < -0.3 is 10.6 Å². The lowest BCUT2D eigenvalue weighted by Gasteiger charge is -2.45. The van der Waals surface area contributed by atoms with E-state index in [-0.39, 0.29) is 36.8 Å². The van der Waals surface area contributed by atoms with Gasteiger partial charge in [0, 0.05) is 44.8 Å². The van der Waals surface area contributed by atoms with E-state index in [1.54, 1.807) is 0 Å². The fourth-order valence-corrected chi connectivity index (χ4v) is 4.52. The summed E-state index contributed by atoms with van der Waals surface area (Å²) in [5.74, 6) is 0.947. The molecule has 2 aromatic carbocycles. The summed E-state index contributed by atoms with van der Waals surface area (Å²) >= 11 is 0. The van der Waals surface area contributed by atoms with Crippen molar-refractivity contribution in [3.63, 3.8) is 0 Å². The van der Waals surface area contributed by atoms with E-state index in [1.807, 2.05) is 36.2 Å². The van der Waals surface area contributed by atoms with Gasteiger partial charge in [-0.05, 0) is 35.1 Å². The van der Waals surface area contributed by atoms with Crippen LogP contribution in [0.15, 0.2) is 54.6 Å². The van der Waals surface area contributed by atoms with Gasteiger partial charge in [-0.3, -0.25) is 9.69 Å². The Balaban J connectivity index is 0.00000210. The molecule has 0 radical (unpaired) electrons. The second-order valence-corrected chi connectivity index (χ2v) is 7.94. The predicted molar refractivity (Wildman–Crippen MR) is 125 cm³/mol. The molecule has 2 atom stereocenters. The van der Waals surface area contributed by atoms with Crippen molar-refractivity contribution < 1.29 is 4.79 Å². The van der Waals surface area contributed by atoms with Crippen LogP contribution in [0.5, 0.6) is 0 Å². The van der Waals surface area contributed by atoms with E-state index in [4.69, 9.17) is 5.73 Å². The van der Waals surface area contributed by atoms with E-state index in [9.17, 15) is 4.79 Å². The van der Waals surface area contributed by atoms with Crippen molar-refractivity contribution in [1.82, 2.24) is 9.80 Å². The van der Waals surface area contributed by atoms with Crippen molar-refractivity contribution in [2.75, 3.05) is 20.1 Å². The Bertz CT molecular complexity index is 742. The highest BCUT2D eigenvalue weighted by molar-refractivity contribution is 5.94. The molecule has 0 saturated carbocycles. The van der Waals surface area contributed by atoms with Crippen LogP contribution in [-0.4, -0.2) is 41.9 Å². The summed E-state index contributed by atoms with van der Waals surface area (Å²) in [4.78, 5) is 17.4. The monoisotopic (exact) mass is 437 g/mol. The zero-order chi connectivity index (χ0) is 19.4. The van der Waals surface area contributed by atoms with Crippen molar-refractivity contribution in [2.45, 2.75) is 33.0 Å². The zero-order valence-corrected chi connectivity index (χ0v) is 19.1. The molecule has 1 amide bonds. The number of piperidine rings is 1. The number of carbonyl (C=O) groups excluding carboxylic acids is 1. The number of rotatable bonds is 5. The molecule has 4 nitrogen and oxygen atoms in total. The summed E-state index contributed by atoms with van der Waals surface area (Å²) < 4.78 is 0. The Morgan fingerprint density at radius 3 is 2.03 bits per heavy atom. The number of amides is 1. The lowest BCUT2D eigenvalue weighted by atomic mass is 9.84. The molecule has 2 aromatic rings. The topological polar surface area (TPSA) is 49.6 Å². The second kappa shape index (κ2) is 11.6. The Morgan fingerprint density at radius 2 is 1.52 bits per heavy atom. The molecule has 160 valence electrons. The molecule has 1 aliphatic heterocycles. The summed E-state index contributed by atoms with van der Waals surface area (Å²) in [5.41, 5.74) is 8.79. The standard InChI is InChI=1S/C23H31N3O.2ClH/c1-17-14-26(16-20-7-5-4-6-8-20)15-18(2)22(17)25(3)23(27)21-11-9-19(13-24)10-12-21;;/h4-12,17-18,22H,13-16,24H2,1-3H3;2*1H.